The summed E-state index contributed by atoms with van der Waals surface area (Å²) in [4.78, 5) is 16.8. The van der Waals surface area contributed by atoms with Crippen LogP contribution in [0, 0.1) is 3.57 Å². The van der Waals surface area contributed by atoms with Crippen molar-refractivity contribution in [1.82, 2.24) is 24.5 Å². The van der Waals surface area contributed by atoms with Crippen LogP contribution in [0.3, 0.4) is 0 Å². The normalized spacial score (nSPS) is 25.8. The van der Waals surface area contributed by atoms with E-state index in [1.54, 1.807) is 12.1 Å². The van der Waals surface area contributed by atoms with Gasteiger partial charge in [-0.1, -0.05) is 5.21 Å². The topological polar surface area (TPSA) is 136 Å². The van der Waals surface area contributed by atoms with Crippen molar-refractivity contribution in [1.29, 1.82) is 0 Å². The van der Waals surface area contributed by atoms with E-state index in [-0.39, 0.29) is 11.2 Å². The molecule has 4 atom stereocenters. The van der Waals surface area contributed by atoms with Gasteiger partial charge >= 0.3 is 5.56 Å². The summed E-state index contributed by atoms with van der Waals surface area (Å²) < 4.78 is 8.92. The Morgan fingerprint density at radius 2 is 1.92 bits per heavy atom. The molecule has 3 N–H and O–H groups in total. The quantitative estimate of drug-likeness (QED) is 0.423. The highest BCUT2D eigenvalue weighted by atomic mass is 127. The molecule has 0 unspecified atom stereocenters. The van der Waals surface area contributed by atoms with E-state index >= 15 is 0 Å². The van der Waals surface area contributed by atoms with Gasteiger partial charge in [-0.2, -0.15) is 4.68 Å². The minimum absolute atomic E-state index is 0.0521. The number of benzene rings is 1. The van der Waals surface area contributed by atoms with E-state index in [1.165, 1.54) is 10.9 Å². The molecule has 1 fully saturated rings. The number of ether oxygens (including phenoxy) is 1. The van der Waals surface area contributed by atoms with Gasteiger partial charge in [0.15, 0.2) is 17.4 Å². The highest BCUT2D eigenvalue weighted by molar-refractivity contribution is 14.1. The van der Waals surface area contributed by atoms with Gasteiger partial charge in [-0.25, -0.2) is 4.98 Å². The average molecular weight is 471 g/mol. The maximum absolute atomic E-state index is 12.7. The Labute approximate surface area is 159 Å². The summed E-state index contributed by atoms with van der Waals surface area (Å²) in [6.07, 6.45) is -3.24. The van der Waals surface area contributed by atoms with Crippen LogP contribution in [-0.2, 0) is 4.74 Å². The van der Waals surface area contributed by atoms with Crippen LogP contribution in [-0.4, -0.2) is 64.8 Å². The minimum atomic E-state index is -1.30. The third-order valence-electron chi connectivity index (χ3n) is 4.25. The summed E-state index contributed by atoms with van der Waals surface area (Å²) in [7, 11) is 0. The van der Waals surface area contributed by atoms with Crippen molar-refractivity contribution in [3.63, 3.8) is 0 Å². The molecule has 1 saturated heterocycles. The van der Waals surface area contributed by atoms with Crippen molar-refractivity contribution in [3.05, 3.63) is 44.5 Å². The molecule has 2 aromatic heterocycles. The number of hydrogen-bond acceptors (Lipinski definition) is 8. The number of fused-ring (bicyclic) bond motifs is 1. The van der Waals surface area contributed by atoms with Gasteiger partial charge in [0.25, 0.3) is 0 Å². The highest BCUT2D eigenvalue weighted by Crippen LogP contribution is 2.30. The van der Waals surface area contributed by atoms with E-state index in [2.05, 4.69) is 37.9 Å². The Hall–Kier alpha value is -1.93. The molecule has 1 aliphatic heterocycles. The van der Waals surface area contributed by atoms with Gasteiger partial charge in [-0.15, -0.1) is 5.10 Å². The van der Waals surface area contributed by atoms with Gasteiger partial charge in [-0.05, 0) is 46.9 Å². The zero-order valence-corrected chi connectivity index (χ0v) is 15.3. The standard InChI is InChI=1S/C15H14IN5O5/c16-7-1-3-8(4-2-7)21-14(25)10-13(18-19-21)20(6-17-10)15-12(24)11(23)9(5-22)26-15/h1-4,6,9,11-12,15,22-24H,5H2/t9-,11-,12-,15-/m1/s1. The number of aromatic nitrogens is 5. The summed E-state index contributed by atoms with van der Waals surface area (Å²) in [6.45, 7) is -0.452. The van der Waals surface area contributed by atoms with Gasteiger partial charge in [0.05, 0.1) is 18.6 Å². The number of hydrogen-bond donors (Lipinski definition) is 3. The summed E-state index contributed by atoms with van der Waals surface area (Å²) in [5, 5.41) is 37.2. The number of nitrogens with zero attached hydrogens (tertiary/aromatic N) is 5. The minimum Gasteiger partial charge on any atom is -0.394 e. The second kappa shape index (κ2) is 6.66. The number of rotatable bonds is 3. The molecule has 0 aliphatic carbocycles. The maximum Gasteiger partial charge on any atom is 0.302 e. The number of aliphatic hydroxyl groups is 3. The lowest BCUT2D eigenvalue weighted by Crippen LogP contribution is -2.33. The zero-order chi connectivity index (χ0) is 18.4. The second-order valence-corrected chi connectivity index (χ2v) is 7.08. The lowest BCUT2D eigenvalue weighted by Gasteiger charge is -2.16. The van der Waals surface area contributed by atoms with Gasteiger partial charge < -0.3 is 20.1 Å². The van der Waals surface area contributed by atoms with E-state index in [4.69, 9.17) is 4.74 Å². The molecular formula is C15H14IN5O5. The molecule has 0 saturated carbocycles. The van der Waals surface area contributed by atoms with E-state index in [0.29, 0.717) is 5.69 Å². The largest absolute Gasteiger partial charge is 0.394 e. The summed E-state index contributed by atoms with van der Waals surface area (Å²) in [5.41, 5.74) is 0.247. The van der Waals surface area contributed by atoms with Gasteiger partial charge in [0.2, 0.25) is 0 Å². The molecule has 136 valence electrons. The maximum atomic E-state index is 12.7. The van der Waals surface area contributed by atoms with Crippen molar-refractivity contribution in [2.24, 2.45) is 0 Å². The van der Waals surface area contributed by atoms with Crippen LogP contribution in [0.25, 0.3) is 16.9 Å². The van der Waals surface area contributed by atoms with Crippen LogP contribution in [0.1, 0.15) is 6.23 Å². The van der Waals surface area contributed by atoms with Crippen molar-refractivity contribution < 1.29 is 20.1 Å². The molecule has 10 nitrogen and oxygen atoms in total. The molecule has 0 bridgehead atoms. The number of halogens is 1. The monoisotopic (exact) mass is 471 g/mol. The summed E-state index contributed by atoms with van der Waals surface area (Å²) >= 11 is 2.16. The lowest BCUT2D eigenvalue weighted by molar-refractivity contribution is -0.0511. The van der Waals surface area contributed by atoms with E-state index < -0.39 is 36.7 Å². The fourth-order valence-electron chi connectivity index (χ4n) is 2.88. The van der Waals surface area contributed by atoms with E-state index in [9.17, 15) is 20.1 Å². The molecule has 4 rings (SSSR count). The Morgan fingerprint density at radius 3 is 2.58 bits per heavy atom. The summed E-state index contributed by atoms with van der Waals surface area (Å²) in [5.74, 6) is 0. The van der Waals surface area contributed by atoms with Crippen LogP contribution in [0.5, 0.6) is 0 Å². The third kappa shape index (κ3) is 2.72. The Kier molecular flexibility index (Phi) is 4.48. The third-order valence-corrected chi connectivity index (χ3v) is 4.97. The molecule has 0 spiro atoms. The second-order valence-electron chi connectivity index (χ2n) is 5.84. The van der Waals surface area contributed by atoms with Crippen molar-refractivity contribution in [2.45, 2.75) is 24.5 Å². The van der Waals surface area contributed by atoms with E-state index in [0.717, 1.165) is 8.25 Å². The first-order chi connectivity index (χ1) is 12.5. The fraction of sp³-hybridized carbons (Fsp3) is 0.333. The molecule has 0 amide bonds. The molecule has 11 heteroatoms. The van der Waals surface area contributed by atoms with Crippen molar-refractivity contribution in [2.75, 3.05) is 6.61 Å². The SMILES string of the molecule is O=c1c2ncn([C@@H]3O[C@H](CO)[C@@H](O)[C@H]3O)c2nnn1-c1ccc(I)cc1. The fourth-order valence-corrected chi connectivity index (χ4v) is 3.24. The van der Waals surface area contributed by atoms with Crippen LogP contribution < -0.4 is 5.56 Å². The Balaban J connectivity index is 1.78. The van der Waals surface area contributed by atoms with Gasteiger partial charge in [-0.3, -0.25) is 9.36 Å². The molecule has 3 aromatic rings. The van der Waals surface area contributed by atoms with E-state index in [1.807, 2.05) is 12.1 Å². The Morgan fingerprint density at radius 1 is 1.19 bits per heavy atom. The first-order valence-electron chi connectivity index (χ1n) is 7.72. The lowest BCUT2D eigenvalue weighted by atomic mass is 10.1. The molecule has 26 heavy (non-hydrogen) atoms. The molecule has 1 aliphatic rings. The van der Waals surface area contributed by atoms with Crippen LogP contribution in [0.2, 0.25) is 0 Å². The van der Waals surface area contributed by atoms with Crippen molar-refractivity contribution in [3.8, 4) is 5.69 Å². The average Bonchev–Trinajstić information content (AvgIpc) is 3.19. The number of aliphatic hydroxyl groups excluding tert-OH is 3. The Bertz CT molecular complexity index is 1000. The van der Waals surface area contributed by atoms with Crippen LogP contribution >= 0.6 is 22.6 Å². The number of imidazole rings is 1. The predicted molar refractivity (Wildman–Crippen MR) is 96.6 cm³/mol. The van der Waals surface area contributed by atoms with Gasteiger partial charge in [0, 0.05) is 3.57 Å². The zero-order valence-electron chi connectivity index (χ0n) is 13.2. The first-order valence-corrected chi connectivity index (χ1v) is 8.80. The first kappa shape index (κ1) is 17.5. The smallest absolute Gasteiger partial charge is 0.302 e. The molecule has 0 radical (unpaired) electrons. The highest BCUT2D eigenvalue weighted by Gasteiger charge is 2.44. The predicted octanol–water partition coefficient (Wildman–Crippen LogP) is -0.807. The molecule has 1 aromatic carbocycles. The molecular weight excluding hydrogens is 457 g/mol. The van der Waals surface area contributed by atoms with Gasteiger partial charge in [0.1, 0.15) is 18.3 Å². The molecule has 3 heterocycles. The summed E-state index contributed by atoms with van der Waals surface area (Å²) in [6, 6.07) is 7.16. The van der Waals surface area contributed by atoms with Crippen LogP contribution in [0.15, 0.2) is 35.4 Å². The van der Waals surface area contributed by atoms with Crippen molar-refractivity contribution >= 4 is 33.8 Å². The van der Waals surface area contributed by atoms with Crippen LogP contribution in [0.4, 0.5) is 0 Å².